The van der Waals surface area contributed by atoms with Gasteiger partial charge in [-0.3, -0.25) is 4.79 Å². The number of carboxylic acid groups (broad SMARTS) is 2. The maximum atomic E-state index is 11.9. The van der Waals surface area contributed by atoms with Gasteiger partial charge < -0.3 is 30.7 Å². The van der Waals surface area contributed by atoms with Crippen molar-refractivity contribution in [3.63, 3.8) is 0 Å². The number of aliphatic hydroxyl groups is 1. The van der Waals surface area contributed by atoms with Crippen LogP contribution in [0.3, 0.4) is 0 Å². The van der Waals surface area contributed by atoms with Gasteiger partial charge >= 0.3 is 11.9 Å². The van der Waals surface area contributed by atoms with Gasteiger partial charge in [0.15, 0.2) is 5.75 Å². The number of carbonyl (C=O) groups is 3. The first kappa shape index (κ1) is 26.8. The number of β-amino-alcohol motifs (C(OH)–C–C–N with tert-alkyl or cyclic N) is 1. The van der Waals surface area contributed by atoms with Crippen LogP contribution >= 0.6 is 0 Å². The van der Waals surface area contributed by atoms with Crippen LogP contribution in [0.15, 0.2) is 18.2 Å². The van der Waals surface area contributed by atoms with Crippen molar-refractivity contribution < 1.29 is 34.4 Å². The highest BCUT2D eigenvalue weighted by atomic mass is 16.5. The second-order valence-corrected chi connectivity index (χ2v) is 7.64. The molecular formula is C20H29N3O7. The number of carboxylic acids is 2. The van der Waals surface area contributed by atoms with Gasteiger partial charge in [-0.15, -0.1) is 0 Å². The molecule has 0 aliphatic heterocycles. The van der Waals surface area contributed by atoms with Crippen molar-refractivity contribution >= 4 is 23.5 Å². The monoisotopic (exact) mass is 423 g/mol. The minimum absolute atomic E-state index is 0.0202. The van der Waals surface area contributed by atoms with Crippen molar-refractivity contribution in [2.24, 2.45) is 5.92 Å². The SMILES string of the molecule is CC(C)C(=O)Nc1cccc(C#N)c1OCC(O)CNC(C)(C)C.O=C(O)C(=O)O. The Morgan fingerprint density at radius 1 is 1.17 bits per heavy atom. The molecule has 5 N–H and O–H groups in total. The number of nitriles is 1. The number of nitrogens with zero attached hydrogens (tertiary/aromatic N) is 1. The number of aliphatic carboxylic acids is 2. The Morgan fingerprint density at radius 3 is 2.17 bits per heavy atom. The quantitative estimate of drug-likeness (QED) is 0.407. The maximum absolute atomic E-state index is 11.9. The van der Waals surface area contributed by atoms with Gasteiger partial charge in [0.05, 0.1) is 11.3 Å². The topological polar surface area (TPSA) is 169 Å². The van der Waals surface area contributed by atoms with Crippen LogP contribution < -0.4 is 15.4 Å². The molecule has 0 aliphatic rings. The van der Waals surface area contributed by atoms with E-state index >= 15 is 0 Å². The van der Waals surface area contributed by atoms with Crippen molar-refractivity contribution in [1.29, 1.82) is 5.26 Å². The molecule has 1 aromatic rings. The van der Waals surface area contributed by atoms with Crippen LogP contribution in [0.2, 0.25) is 0 Å². The molecule has 0 heterocycles. The summed E-state index contributed by atoms with van der Waals surface area (Å²) in [4.78, 5) is 30.1. The van der Waals surface area contributed by atoms with E-state index in [4.69, 9.17) is 24.5 Å². The molecule has 0 radical (unpaired) electrons. The van der Waals surface area contributed by atoms with Gasteiger partial charge in [0.2, 0.25) is 5.91 Å². The zero-order chi connectivity index (χ0) is 23.5. The molecule has 10 nitrogen and oxygen atoms in total. The first-order valence-corrected chi connectivity index (χ1v) is 9.14. The number of amides is 1. The summed E-state index contributed by atoms with van der Waals surface area (Å²) in [7, 11) is 0. The van der Waals surface area contributed by atoms with Crippen molar-refractivity contribution in [2.45, 2.75) is 46.3 Å². The van der Waals surface area contributed by atoms with Crippen LogP contribution in [0.1, 0.15) is 40.2 Å². The average molecular weight is 423 g/mol. The molecule has 1 rings (SSSR count). The number of carbonyl (C=O) groups excluding carboxylic acids is 1. The van der Waals surface area contributed by atoms with Crippen molar-refractivity contribution in [2.75, 3.05) is 18.5 Å². The van der Waals surface area contributed by atoms with Crippen molar-refractivity contribution in [1.82, 2.24) is 5.32 Å². The van der Waals surface area contributed by atoms with E-state index in [1.165, 1.54) is 0 Å². The number of nitrogens with one attached hydrogen (secondary N) is 2. The Kier molecular flexibility index (Phi) is 11.1. The third-order valence-electron chi connectivity index (χ3n) is 3.39. The molecule has 1 atom stereocenters. The fourth-order valence-corrected chi connectivity index (χ4v) is 1.82. The maximum Gasteiger partial charge on any atom is 0.414 e. The Labute approximate surface area is 175 Å². The Balaban J connectivity index is 0.00000122. The zero-order valence-corrected chi connectivity index (χ0v) is 17.7. The summed E-state index contributed by atoms with van der Waals surface area (Å²) in [5.74, 6) is -3.72. The van der Waals surface area contributed by atoms with Gasteiger partial charge in [0, 0.05) is 18.0 Å². The molecule has 1 aromatic carbocycles. The summed E-state index contributed by atoms with van der Waals surface area (Å²) < 4.78 is 5.64. The number of hydrogen-bond donors (Lipinski definition) is 5. The van der Waals surface area contributed by atoms with Gasteiger partial charge in [-0.2, -0.15) is 5.26 Å². The largest absolute Gasteiger partial charge is 0.487 e. The fourth-order valence-electron chi connectivity index (χ4n) is 1.82. The van der Waals surface area contributed by atoms with Gasteiger partial charge in [-0.1, -0.05) is 19.9 Å². The Bertz CT molecular complexity index is 768. The minimum atomic E-state index is -1.82. The van der Waals surface area contributed by atoms with E-state index in [-0.39, 0.29) is 29.7 Å². The Morgan fingerprint density at radius 2 is 1.73 bits per heavy atom. The predicted molar refractivity (Wildman–Crippen MR) is 109 cm³/mol. The number of rotatable bonds is 7. The normalized spacial score (nSPS) is 11.5. The van der Waals surface area contributed by atoms with E-state index < -0.39 is 18.0 Å². The lowest BCUT2D eigenvalue weighted by Gasteiger charge is -2.23. The summed E-state index contributed by atoms with van der Waals surface area (Å²) >= 11 is 0. The fraction of sp³-hybridized carbons (Fsp3) is 0.500. The van der Waals surface area contributed by atoms with Crippen LogP contribution in [0, 0.1) is 17.2 Å². The van der Waals surface area contributed by atoms with Crippen molar-refractivity contribution in [3.8, 4) is 11.8 Å². The summed E-state index contributed by atoms with van der Waals surface area (Å²) in [5, 5.41) is 40.0. The molecule has 1 amide bonds. The summed E-state index contributed by atoms with van der Waals surface area (Å²) in [6.45, 7) is 9.97. The standard InChI is InChI=1S/C18H27N3O3.C2H2O4/c1-12(2)17(23)21-15-8-6-7-13(9-19)16(15)24-11-14(22)10-20-18(3,4)5;3-1(4)2(5)6/h6-8,12,14,20,22H,10-11H2,1-5H3,(H,21,23);(H,3,4)(H,5,6). The molecule has 0 aliphatic carbocycles. The summed E-state index contributed by atoms with van der Waals surface area (Å²) in [6, 6.07) is 7.01. The third kappa shape index (κ3) is 11.0. The lowest BCUT2D eigenvalue weighted by molar-refractivity contribution is -0.159. The molecule has 0 aromatic heterocycles. The molecule has 0 saturated heterocycles. The number of aliphatic hydroxyl groups excluding tert-OH is 1. The highest BCUT2D eigenvalue weighted by Gasteiger charge is 2.17. The summed E-state index contributed by atoms with van der Waals surface area (Å²) in [6.07, 6.45) is -0.732. The molecule has 10 heteroatoms. The third-order valence-corrected chi connectivity index (χ3v) is 3.39. The second kappa shape index (κ2) is 12.4. The van der Waals surface area contributed by atoms with E-state index in [2.05, 4.69) is 10.6 Å². The highest BCUT2D eigenvalue weighted by Crippen LogP contribution is 2.29. The van der Waals surface area contributed by atoms with Gasteiger partial charge in [0.1, 0.15) is 18.8 Å². The lowest BCUT2D eigenvalue weighted by atomic mass is 10.1. The van der Waals surface area contributed by atoms with Crippen LogP contribution in [0.5, 0.6) is 5.75 Å². The van der Waals surface area contributed by atoms with Gasteiger partial charge in [-0.05, 0) is 32.9 Å². The van der Waals surface area contributed by atoms with E-state index in [1.54, 1.807) is 32.0 Å². The molecular weight excluding hydrogens is 394 g/mol. The van der Waals surface area contributed by atoms with E-state index in [0.717, 1.165) is 0 Å². The van der Waals surface area contributed by atoms with Gasteiger partial charge in [0.25, 0.3) is 0 Å². The van der Waals surface area contributed by atoms with E-state index in [1.807, 2.05) is 26.8 Å². The van der Waals surface area contributed by atoms with E-state index in [9.17, 15) is 15.2 Å². The number of benzene rings is 1. The van der Waals surface area contributed by atoms with Crippen LogP contribution in [-0.4, -0.2) is 58.0 Å². The minimum Gasteiger partial charge on any atom is -0.487 e. The van der Waals surface area contributed by atoms with Crippen LogP contribution in [-0.2, 0) is 14.4 Å². The first-order chi connectivity index (χ1) is 13.8. The number of ether oxygens (including phenoxy) is 1. The smallest absolute Gasteiger partial charge is 0.414 e. The zero-order valence-electron chi connectivity index (χ0n) is 17.7. The Hall–Kier alpha value is -3.16. The second-order valence-electron chi connectivity index (χ2n) is 7.64. The lowest BCUT2D eigenvalue weighted by Crippen LogP contribution is -2.42. The van der Waals surface area contributed by atoms with Crippen LogP contribution in [0.25, 0.3) is 0 Å². The molecule has 0 fully saturated rings. The highest BCUT2D eigenvalue weighted by molar-refractivity contribution is 6.27. The molecule has 0 saturated carbocycles. The average Bonchev–Trinajstić information content (AvgIpc) is 2.64. The molecule has 0 spiro atoms. The molecule has 0 bridgehead atoms. The number of anilines is 1. The van der Waals surface area contributed by atoms with Crippen molar-refractivity contribution in [3.05, 3.63) is 23.8 Å². The van der Waals surface area contributed by atoms with Crippen LogP contribution in [0.4, 0.5) is 5.69 Å². The number of hydrogen-bond acceptors (Lipinski definition) is 7. The molecule has 1 unspecified atom stereocenters. The van der Waals surface area contributed by atoms with E-state index in [0.29, 0.717) is 17.8 Å². The molecule has 166 valence electrons. The molecule has 30 heavy (non-hydrogen) atoms. The first-order valence-electron chi connectivity index (χ1n) is 9.14. The van der Waals surface area contributed by atoms with Gasteiger partial charge in [-0.25, -0.2) is 9.59 Å². The summed E-state index contributed by atoms with van der Waals surface area (Å²) in [5.41, 5.74) is 0.637. The number of para-hydroxylation sites is 1. The predicted octanol–water partition coefficient (Wildman–Crippen LogP) is 1.44.